The number of aryl methyl sites for hydroxylation is 2. The quantitative estimate of drug-likeness (QED) is 0.580. The molecule has 0 heterocycles. The van der Waals surface area contributed by atoms with Crippen LogP contribution >= 0.6 is 0 Å². The van der Waals surface area contributed by atoms with Gasteiger partial charge in [0.05, 0.1) is 0 Å². The van der Waals surface area contributed by atoms with Crippen molar-refractivity contribution in [2.45, 2.75) is 12.8 Å². The normalized spacial score (nSPS) is 13.1. The van der Waals surface area contributed by atoms with Crippen molar-refractivity contribution in [1.82, 2.24) is 0 Å². The van der Waals surface area contributed by atoms with E-state index >= 15 is 0 Å². The molecule has 18 heavy (non-hydrogen) atoms. The molecule has 4 rings (SSSR count). The van der Waals surface area contributed by atoms with E-state index in [2.05, 4.69) is 48.5 Å². The lowest BCUT2D eigenvalue weighted by Gasteiger charge is -2.07. The Labute approximate surface area is 107 Å². The van der Waals surface area contributed by atoms with Gasteiger partial charge < -0.3 is 0 Å². The van der Waals surface area contributed by atoms with Crippen molar-refractivity contribution in [2.75, 3.05) is 0 Å². The van der Waals surface area contributed by atoms with Crippen LogP contribution in [0.15, 0.2) is 54.6 Å². The van der Waals surface area contributed by atoms with Crippen LogP contribution in [0.25, 0.3) is 21.9 Å². The van der Waals surface area contributed by atoms with E-state index in [9.17, 15) is 0 Å². The summed E-state index contributed by atoms with van der Waals surface area (Å²) in [6.45, 7) is 0. The summed E-state index contributed by atoms with van der Waals surface area (Å²) in [4.78, 5) is 0. The molecule has 0 atom stereocenters. The molecule has 0 amide bonds. The van der Waals surface area contributed by atoms with Gasteiger partial charge in [-0.2, -0.15) is 0 Å². The minimum atomic E-state index is 1.18. The van der Waals surface area contributed by atoms with Crippen LogP contribution in [0.1, 0.15) is 11.1 Å². The summed E-state index contributed by atoms with van der Waals surface area (Å²) in [5, 5.41) is 2.87. The highest BCUT2D eigenvalue weighted by Gasteiger charge is 2.14. The van der Waals surface area contributed by atoms with Crippen molar-refractivity contribution in [1.29, 1.82) is 0 Å². The Morgan fingerprint density at radius 2 is 1.61 bits per heavy atom. The number of benzene rings is 3. The Bertz CT molecular complexity index is 724. The Hall–Kier alpha value is -2.08. The molecule has 0 heteroatoms. The predicted octanol–water partition coefficient (Wildman–Crippen LogP) is 4.41. The van der Waals surface area contributed by atoms with E-state index in [0.717, 1.165) is 0 Å². The summed E-state index contributed by atoms with van der Waals surface area (Å²) in [5.74, 6) is 0. The molecule has 0 aromatic heterocycles. The maximum Gasteiger partial charge on any atom is -0.0119 e. The molecule has 1 radical (unpaired) electrons. The smallest absolute Gasteiger partial charge is 0.0119 e. The Morgan fingerprint density at radius 3 is 2.50 bits per heavy atom. The van der Waals surface area contributed by atoms with Gasteiger partial charge in [-0.1, -0.05) is 48.5 Å². The monoisotopic (exact) mass is 229 g/mol. The van der Waals surface area contributed by atoms with Gasteiger partial charge in [0.1, 0.15) is 0 Å². The average molecular weight is 229 g/mol. The molecular formula is C18H13. The largest absolute Gasteiger partial charge is 0.0614 e. The van der Waals surface area contributed by atoms with Gasteiger partial charge in [-0.3, -0.25) is 0 Å². The van der Waals surface area contributed by atoms with Crippen LogP contribution in [0.4, 0.5) is 0 Å². The topological polar surface area (TPSA) is 0 Å². The van der Waals surface area contributed by atoms with Gasteiger partial charge in [0.25, 0.3) is 0 Å². The molecule has 0 fully saturated rings. The van der Waals surface area contributed by atoms with Crippen molar-refractivity contribution in [3.8, 4) is 11.1 Å². The standard InChI is InChI=1S/C18H13/c1-2-5-13(6-3-1)17-11-15-8-4-7-14-9-10-16(12-17)18(14)15/h2-8,11-12H,9-10H2. The highest BCUT2D eigenvalue weighted by Crippen LogP contribution is 2.34. The second-order valence-corrected chi connectivity index (χ2v) is 4.94. The number of hydrogen-bond donors (Lipinski definition) is 0. The lowest BCUT2D eigenvalue weighted by atomic mass is 9.98. The van der Waals surface area contributed by atoms with Gasteiger partial charge in [-0.05, 0) is 58.0 Å². The first kappa shape index (κ1) is 9.90. The lowest BCUT2D eigenvalue weighted by Crippen LogP contribution is -1.83. The molecule has 3 aromatic rings. The Morgan fingerprint density at radius 1 is 0.778 bits per heavy atom. The molecule has 0 saturated carbocycles. The molecule has 3 aromatic carbocycles. The van der Waals surface area contributed by atoms with Crippen molar-refractivity contribution in [3.63, 3.8) is 0 Å². The summed E-state index contributed by atoms with van der Waals surface area (Å²) in [6, 6.07) is 22.6. The van der Waals surface area contributed by atoms with E-state index in [1.165, 1.54) is 45.9 Å². The van der Waals surface area contributed by atoms with Crippen LogP contribution in [0.2, 0.25) is 0 Å². The Kier molecular flexibility index (Phi) is 2.04. The third-order valence-electron chi connectivity index (χ3n) is 3.86. The van der Waals surface area contributed by atoms with Gasteiger partial charge >= 0.3 is 0 Å². The molecule has 0 spiro atoms. The van der Waals surface area contributed by atoms with Crippen molar-refractivity contribution >= 4 is 10.8 Å². The van der Waals surface area contributed by atoms with Crippen LogP contribution in [-0.4, -0.2) is 0 Å². The fraction of sp³-hybridized carbons (Fsp3) is 0.111. The van der Waals surface area contributed by atoms with Gasteiger partial charge in [0.2, 0.25) is 0 Å². The second-order valence-electron chi connectivity index (χ2n) is 4.94. The van der Waals surface area contributed by atoms with Gasteiger partial charge in [-0.15, -0.1) is 0 Å². The SMILES string of the molecule is [c]1ccc(-c2cc3c4c(cccc4c2)CC3)cc1. The zero-order valence-corrected chi connectivity index (χ0v) is 10.1. The minimum absolute atomic E-state index is 1.18. The molecule has 0 N–H and O–H groups in total. The molecule has 0 nitrogen and oxygen atoms in total. The summed E-state index contributed by atoms with van der Waals surface area (Å²) >= 11 is 0. The minimum Gasteiger partial charge on any atom is -0.0614 e. The van der Waals surface area contributed by atoms with Crippen molar-refractivity contribution < 1.29 is 0 Å². The fourth-order valence-corrected chi connectivity index (χ4v) is 3.02. The number of hydrogen-bond acceptors (Lipinski definition) is 0. The first-order valence-corrected chi connectivity index (χ1v) is 6.43. The second kappa shape index (κ2) is 3.71. The number of rotatable bonds is 1. The van der Waals surface area contributed by atoms with Crippen LogP contribution < -0.4 is 0 Å². The van der Waals surface area contributed by atoms with Gasteiger partial charge in [0, 0.05) is 0 Å². The summed E-state index contributed by atoms with van der Waals surface area (Å²) in [6.07, 6.45) is 2.38. The van der Waals surface area contributed by atoms with Gasteiger partial charge in [-0.25, -0.2) is 0 Å². The molecule has 1 aliphatic rings. The highest BCUT2D eigenvalue weighted by molar-refractivity contribution is 5.94. The van der Waals surface area contributed by atoms with Crippen molar-refractivity contribution in [2.24, 2.45) is 0 Å². The van der Waals surface area contributed by atoms with E-state index in [0.29, 0.717) is 0 Å². The summed E-state index contributed by atoms with van der Waals surface area (Å²) in [5.41, 5.74) is 5.62. The molecule has 85 valence electrons. The van der Waals surface area contributed by atoms with E-state index in [4.69, 9.17) is 0 Å². The van der Waals surface area contributed by atoms with Crippen LogP contribution in [0.5, 0.6) is 0 Å². The molecule has 0 aliphatic heterocycles. The van der Waals surface area contributed by atoms with E-state index in [-0.39, 0.29) is 0 Å². The van der Waals surface area contributed by atoms with Gasteiger partial charge in [0.15, 0.2) is 0 Å². The third-order valence-corrected chi connectivity index (χ3v) is 3.86. The van der Waals surface area contributed by atoms with E-state index in [1.807, 2.05) is 12.1 Å². The van der Waals surface area contributed by atoms with Crippen molar-refractivity contribution in [3.05, 3.63) is 71.8 Å². The predicted molar refractivity (Wildman–Crippen MR) is 75.6 cm³/mol. The van der Waals surface area contributed by atoms with E-state index < -0.39 is 0 Å². The lowest BCUT2D eigenvalue weighted by molar-refractivity contribution is 1.02. The first-order valence-electron chi connectivity index (χ1n) is 6.43. The van der Waals surface area contributed by atoms with E-state index in [1.54, 1.807) is 0 Å². The maximum atomic E-state index is 3.08. The van der Waals surface area contributed by atoms with Crippen LogP contribution in [0.3, 0.4) is 0 Å². The highest BCUT2D eigenvalue weighted by atomic mass is 14.2. The molecule has 0 saturated heterocycles. The Balaban J connectivity index is 2.02. The summed E-state index contributed by atoms with van der Waals surface area (Å²) < 4.78 is 0. The zero-order valence-electron chi connectivity index (χ0n) is 10.1. The maximum absolute atomic E-state index is 3.08. The third kappa shape index (κ3) is 1.39. The van der Waals surface area contributed by atoms with Crippen LogP contribution in [-0.2, 0) is 12.8 Å². The first-order chi connectivity index (χ1) is 8.92. The fourth-order valence-electron chi connectivity index (χ4n) is 3.02. The average Bonchev–Trinajstić information content (AvgIpc) is 2.85. The molecular weight excluding hydrogens is 216 g/mol. The molecule has 0 unspecified atom stereocenters. The molecule has 0 bridgehead atoms. The summed E-state index contributed by atoms with van der Waals surface area (Å²) in [7, 11) is 0. The van der Waals surface area contributed by atoms with Crippen LogP contribution in [0, 0.1) is 6.07 Å². The molecule has 1 aliphatic carbocycles. The zero-order chi connectivity index (χ0) is 11.9.